The molecule has 0 bridgehead atoms. The van der Waals surface area contributed by atoms with E-state index in [0.29, 0.717) is 21.8 Å². The Balaban J connectivity index is 1.71. The third-order valence-electron chi connectivity index (χ3n) is 6.66. The van der Waals surface area contributed by atoms with Gasteiger partial charge in [-0.3, -0.25) is 4.79 Å². The van der Waals surface area contributed by atoms with Gasteiger partial charge >= 0.3 is 0 Å². The molecule has 0 spiro atoms. The highest BCUT2D eigenvalue weighted by atomic mass is 35.5. The molecule has 0 aromatic heterocycles. The second-order valence-electron chi connectivity index (χ2n) is 8.87. The fourth-order valence-electron chi connectivity index (χ4n) is 4.14. The van der Waals surface area contributed by atoms with Crippen LogP contribution in [0.2, 0.25) is 5.02 Å². The van der Waals surface area contributed by atoms with Crippen molar-refractivity contribution in [2.24, 2.45) is 16.0 Å². The summed E-state index contributed by atoms with van der Waals surface area (Å²) in [5, 5.41) is 24.6. The van der Waals surface area contributed by atoms with Gasteiger partial charge < -0.3 is 16.2 Å². The van der Waals surface area contributed by atoms with Crippen LogP contribution in [0.15, 0.2) is 83.0 Å². The summed E-state index contributed by atoms with van der Waals surface area (Å²) < 4.78 is 0. The van der Waals surface area contributed by atoms with Crippen molar-refractivity contribution in [3.8, 4) is 5.75 Å². The normalized spacial score (nSPS) is 11.8. The van der Waals surface area contributed by atoms with Crippen molar-refractivity contribution in [2.45, 2.75) is 39.2 Å². The highest BCUT2D eigenvalue weighted by Crippen LogP contribution is 2.40. The molecule has 4 N–H and O–H groups in total. The number of phenolic OH excluding ortho intramolecular Hbond substituents is 1. The minimum atomic E-state index is -0.470. The van der Waals surface area contributed by atoms with E-state index in [2.05, 4.69) is 29.4 Å². The van der Waals surface area contributed by atoms with Gasteiger partial charge in [0.05, 0.1) is 11.3 Å². The average molecular weight is 501 g/mol. The van der Waals surface area contributed by atoms with Crippen molar-refractivity contribution in [1.29, 1.82) is 0 Å². The molecular weight excluding hydrogens is 472 g/mol. The smallest absolute Gasteiger partial charge is 0.259 e. The van der Waals surface area contributed by atoms with Crippen LogP contribution in [-0.2, 0) is 5.54 Å². The first kappa shape index (κ1) is 25.4. The summed E-state index contributed by atoms with van der Waals surface area (Å²) in [7, 11) is 0. The second-order valence-corrected chi connectivity index (χ2v) is 9.30. The predicted molar refractivity (Wildman–Crippen MR) is 147 cm³/mol. The first-order valence-corrected chi connectivity index (χ1v) is 12.3. The largest absolute Gasteiger partial charge is 0.505 e. The van der Waals surface area contributed by atoms with Gasteiger partial charge in [0.25, 0.3) is 5.91 Å². The molecule has 0 aliphatic carbocycles. The van der Waals surface area contributed by atoms with Crippen LogP contribution < -0.4 is 11.1 Å². The number of carbonyl (C=O) groups excluding carboxylic acids is 1. The molecule has 6 nitrogen and oxygen atoms in total. The lowest BCUT2D eigenvalue weighted by atomic mass is 9.86. The average Bonchev–Trinajstić information content (AvgIpc) is 2.89. The molecule has 0 heterocycles. The van der Waals surface area contributed by atoms with E-state index in [1.165, 1.54) is 0 Å². The lowest BCUT2D eigenvalue weighted by Crippen LogP contribution is -2.34. The van der Waals surface area contributed by atoms with Gasteiger partial charge in [0.15, 0.2) is 5.75 Å². The number of rotatable bonds is 7. The Labute approximate surface area is 215 Å². The minimum absolute atomic E-state index is 0.0937. The molecule has 184 valence electrons. The van der Waals surface area contributed by atoms with Crippen LogP contribution >= 0.6 is 11.6 Å². The molecule has 0 aliphatic rings. The molecule has 4 rings (SSSR count). The fraction of sp³-hybridized carbons (Fsp3) is 0.207. The number of nitrogens with one attached hydrogen (secondary N) is 1. The monoisotopic (exact) mass is 500 g/mol. The molecule has 0 saturated heterocycles. The molecule has 7 heteroatoms. The molecule has 0 atom stereocenters. The van der Waals surface area contributed by atoms with Crippen LogP contribution in [0.3, 0.4) is 0 Å². The Morgan fingerprint density at radius 1 is 1.00 bits per heavy atom. The van der Waals surface area contributed by atoms with Crippen LogP contribution in [0.1, 0.15) is 48.2 Å². The van der Waals surface area contributed by atoms with E-state index in [1.54, 1.807) is 18.2 Å². The number of amides is 1. The zero-order valence-corrected chi connectivity index (χ0v) is 21.3. The maximum atomic E-state index is 13.2. The number of nitrogens with two attached hydrogens (primary N) is 1. The van der Waals surface area contributed by atoms with Crippen molar-refractivity contribution in [3.63, 3.8) is 0 Å². The number of anilines is 1. The van der Waals surface area contributed by atoms with E-state index in [-0.39, 0.29) is 22.5 Å². The van der Waals surface area contributed by atoms with E-state index in [0.717, 1.165) is 29.4 Å². The summed E-state index contributed by atoms with van der Waals surface area (Å²) in [6.45, 7) is 6.01. The van der Waals surface area contributed by atoms with Gasteiger partial charge in [0.2, 0.25) is 0 Å². The third-order valence-corrected chi connectivity index (χ3v) is 6.89. The maximum absolute atomic E-state index is 13.2. The zero-order valence-electron chi connectivity index (χ0n) is 20.5. The molecule has 0 aliphatic heterocycles. The van der Waals surface area contributed by atoms with E-state index >= 15 is 0 Å². The quantitative estimate of drug-likeness (QED) is 0.223. The molecule has 0 unspecified atom stereocenters. The fourth-order valence-corrected chi connectivity index (χ4v) is 4.31. The summed E-state index contributed by atoms with van der Waals surface area (Å²) in [6, 6.07) is 21.9. The van der Waals surface area contributed by atoms with Crippen LogP contribution in [0.25, 0.3) is 10.8 Å². The van der Waals surface area contributed by atoms with E-state index < -0.39 is 5.91 Å². The number of halogens is 1. The first-order chi connectivity index (χ1) is 17.3. The number of carbonyl (C=O) groups is 1. The van der Waals surface area contributed by atoms with Gasteiger partial charge in [0, 0.05) is 21.6 Å². The second kappa shape index (κ2) is 10.5. The van der Waals surface area contributed by atoms with Gasteiger partial charge in [-0.05, 0) is 66.6 Å². The van der Waals surface area contributed by atoms with Crippen molar-refractivity contribution in [1.82, 2.24) is 0 Å². The van der Waals surface area contributed by atoms with Gasteiger partial charge in [0.1, 0.15) is 5.69 Å². The molecule has 4 aromatic carbocycles. The summed E-state index contributed by atoms with van der Waals surface area (Å²) in [5.41, 5.74) is 9.50. The SMILES string of the molecule is CCC(N)(CC)c1ccc(N=Nc2c(O)c(C(=O)Nc3cc(Cl)ccc3C)cc3ccccc23)cc1. The molecule has 36 heavy (non-hydrogen) atoms. The number of hydrogen-bond donors (Lipinski definition) is 3. The highest BCUT2D eigenvalue weighted by molar-refractivity contribution is 6.31. The summed E-state index contributed by atoms with van der Waals surface area (Å²) in [4.78, 5) is 13.2. The number of aromatic hydroxyl groups is 1. The Hall–Kier alpha value is -3.74. The van der Waals surface area contributed by atoms with E-state index in [9.17, 15) is 9.90 Å². The first-order valence-electron chi connectivity index (χ1n) is 11.9. The maximum Gasteiger partial charge on any atom is 0.259 e. The van der Waals surface area contributed by atoms with Crippen molar-refractivity contribution in [2.75, 3.05) is 5.32 Å². The van der Waals surface area contributed by atoms with Crippen molar-refractivity contribution >= 4 is 45.3 Å². The lowest BCUT2D eigenvalue weighted by Gasteiger charge is -2.27. The molecule has 0 saturated carbocycles. The third kappa shape index (κ3) is 5.10. The number of fused-ring (bicyclic) bond motifs is 1. The Morgan fingerprint density at radius 2 is 1.69 bits per heavy atom. The van der Waals surface area contributed by atoms with Crippen molar-refractivity contribution < 1.29 is 9.90 Å². The topological polar surface area (TPSA) is 100 Å². The highest BCUT2D eigenvalue weighted by Gasteiger charge is 2.22. The molecule has 0 radical (unpaired) electrons. The molecule has 0 fully saturated rings. The summed E-state index contributed by atoms with van der Waals surface area (Å²) in [5.74, 6) is -0.716. The van der Waals surface area contributed by atoms with Gasteiger partial charge in [-0.25, -0.2) is 0 Å². The molecule has 4 aromatic rings. The zero-order chi connectivity index (χ0) is 25.9. The van der Waals surface area contributed by atoms with E-state index in [4.69, 9.17) is 17.3 Å². The van der Waals surface area contributed by atoms with Gasteiger partial charge in [-0.15, -0.1) is 5.11 Å². The standard InChI is InChI=1S/C29H29ClN4O2/c1-4-29(31,5-2)20-11-14-22(15-12-20)33-34-26-23-9-7-6-8-19(23)16-24(27(26)35)28(36)32-25-17-21(30)13-10-18(25)3/h6-17,35H,4-5,31H2,1-3H3,(H,32,36). The minimum Gasteiger partial charge on any atom is -0.505 e. The summed E-state index contributed by atoms with van der Waals surface area (Å²) in [6.07, 6.45) is 1.65. The number of hydrogen-bond acceptors (Lipinski definition) is 5. The number of phenols is 1. The number of aryl methyl sites for hydroxylation is 1. The Morgan fingerprint density at radius 3 is 2.39 bits per heavy atom. The van der Waals surface area contributed by atoms with Crippen LogP contribution in [-0.4, -0.2) is 11.0 Å². The number of azo groups is 1. The summed E-state index contributed by atoms with van der Waals surface area (Å²) >= 11 is 6.10. The predicted octanol–water partition coefficient (Wildman–Crippen LogP) is 8.15. The van der Waals surface area contributed by atoms with Crippen LogP contribution in [0, 0.1) is 6.92 Å². The van der Waals surface area contributed by atoms with Crippen LogP contribution in [0.5, 0.6) is 5.75 Å². The Kier molecular flexibility index (Phi) is 7.38. The van der Waals surface area contributed by atoms with Gasteiger partial charge in [-0.2, -0.15) is 5.11 Å². The molecule has 1 amide bonds. The van der Waals surface area contributed by atoms with Crippen LogP contribution in [0.4, 0.5) is 17.1 Å². The lowest BCUT2D eigenvalue weighted by molar-refractivity contribution is 0.102. The van der Waals surface area contributed by atoms with E-state index in [1.807, 2.05) is 61.5 Å². The number of benzene rings is 4. The van der Waals surface area contributed by atoms with Gasteiger partial charge in [-0.1, -0.05) is 67.9 Å². The molecular formula is C29H29ClN4O2. The van der Waals surface area contributed by atoms with Crippen molar-refractivity contribution in [3.05, 3.63) is 94.5 Å². The number of nitrogens with zero attached hydrogens (tertiary/aromatic N) is 2. The Bertz CT molecular complexity index is 1440.